The van der Waals surface area contributed by atoms with Gasteiger partial charge in [-0.2, -0.15) is 0 Å². The van der Waals surface area contributed by atoms with E-state index in [1.165, 1.54) is 13.2 Å². The number of carbonyl (C=O) groups excluding carboxylic acids is 3. The van der Waals surface area contributed by atoms with Crippen molar-refractivity contribution in [1.82, 2.24) is 15.5 Å². The number of hydrogen-bond acceptors (Lipinski definition) is 4. The molecule has 1 aromatic carbocycles. The first-order chi connectivity index (χ1) is 11.9. The molecular formula is C17H16ClN3O4. The molecule has 2 aromatic rings. The van der Waals surface area contributed by atoms with E-state index in [0.717, 1.165) is 10.5 Å². The molecule has 0 spiro atoms. The van der Waals surface area contributed by atoms with E-state index in [0.29, 0.717) is 10.8 Å². The van der Waals surface area contributed by atoms with Crippen molar-refractivity contribution >= 4 is 29.4 Å². The summed E-state index contributed by atoms with van der Waals surface area (Å²) in [5, 5.41) is 5.84. The van der Waals surface area contributed by atoms with Crippen LogP contribution in [0.4, 0.5) is 4.79 Å². The second-order valence-corrected chi connectivity index (χ2v) is 6.26. The Kier molecular flexibility index (Phi) is 4.50. The number of amides is 4. The Hall–Kier alpha value is -2.80. The molecule has 0 aliphatic carbocycles. The fraction of sp³-hybridized carbons (Fsp3) is 0.235. The van der Waals surface area contributed by atoms with E-state index in [4.69, 9.17) is 16.0 Å². The molecule has 7 nitrogen and oxygen atoms in total. The monoisotopic (exact) mass is 361 g/mol. The minimum Gasteiger partial charge on any atom is -0.466 e. The third-order valence-electron chi connectivity index (χ3n) is 3.99. The zero-order valence-corrected chi connectivity index (χ0v) is 14.2. The van der Waals surface area contributed by atoms with E-state index in [-0.39, 0.29) is 13.1 Å². The van der Waals surface area contributed by atoms with E-state index < -0.39 is 23.4 Å². The Morgan fingerprint density at radius 3 is 2.64 bits per heavy atom. The number of urea groups is 1. The smallest absolute Gasteiger partial charge is 0.325 e. The molecule has 1 fully saturated rings. The third-order valence-corrected chi connectivity index (χ3v) is 4.25. The summed E-state index contributed by atoms with van der Waals surface area (Å²) in [6.07, 6.45) is 1.42. The minimum absolute atomic E-state index is 0.273. The average Bonchev–Trinajstić information content (AvgIpc) is 3.19. The minimum atomic E-state index is -1.31. The molecule has 0 unspecified atom stereocenters. The van der Waals surface area contributed by atoms with Gasteiger partial charge in [0.05, 0.1) is 6.26 Å². The van der Waals surface area contributed by atoms with Gasteiger partial charge in [-0.05, 0) is 36.8 Å². The Morgan fingerprint density at radius 1 is 1.28 bits per heavy atom. The lowest BCUT2D eigenvalue weighted by Gasteiger charge is -2.18. The van der Waals surface area contributed by atoms with Crippen LogP contribution in [0.2, 0.25) is 5.02 Å². The van der Waals surface area contributed by atoms with Gasteiger partial charge in [-0.25, -0.2) is 4.79 Å². The molecule has 2 heterocycles. The number of carbonyl (C=O) groups is 3. The molecule has 0 radical (unpaired) electrons. The zero-order valence-electron chi connectivity index (χ0n) is 13.4. The second kappa shape index (κ2) is 6.60. The first kappa shape index (κ1) is 17.0. The molecule has 25 heavy (non-hydrogen) atoms. The van der Waals surface area contributed by atoms with Crippen LogP contribution in [0.3, 0.4) is 0 Å². The average molecular weight is 362 g/mol. The van der Waals surface area contributed by atoms with Gasteiger partial charge in [0, 0.05) is 11.6 Å². The van der Waals surface area contributed by atoms with E-state index in [9.17, 15) is 14.4 Å². The lowest BCUT2D eigenvalue weighted by Crippen LogP contribution is -2.43. The Balaban J connectivity index is 1.62. The molecule has 1 aromatic heterocycles. The normalized spacial score (nSPS) is 19.8. The van der Waals surface area contributed by atoms with Crippen molar-refractivity contribution in [2.75, 3.05) is 6.54 Å². The summed E-state index contributed by atoms with van der Waals surface area (Å²) in [6.45, 7) is 1.45. The van der Waals surface area contributed by atoms with E-state index >= 15 is 0 Å². The summed E-state index contributed by atoms with van der Waals surface area (Å²) in [4.78, 5) is 37.6. The summed E-state index contributed by atoms with van der Waals surface area (Å²) in [5.41, 5.74) is -0.452. The van der Waals surface area contributed by atoms with Crippen molar-refractivity contribution in [3.05, 3.63) is 59.0 Å². The largest absolute Gasteiger partial charge is 0.466 e. The molecule has 1 aliphatic rings. The van der Waals surface area contributed by atoms with Gasteiger partial charge in [0.15, 0.2) is 5.54 Å². The predicted octanol–water partition coefficient (Wildman–Crippen LogP) is 2.02. The first-order valence-corrected chi connectivity index (χ1v) is 7.97. The lowest BCUT2D eigenvalue weighted by atomic mass is 9.99. The summed E-state index contributed by atoms with van der Waals surface area (Å²) < 4.78 is 5.23. The summed E-state index contributed by atoms with van der Waals surface area (Å²) in [5.74, 6) is -0.661. The number of halogens is 1. The van der Waals surface area contributed by atoms with Crippen LogP contribution >= 0.6 is 11.6 Å². The van der Waals surface area contributed by atoms with Gasteiger partial charge in [-0.15, -0.1) is 0 Å². The van der Waals surface area contributed by atoms with Crippen LogP contribution in [-0.2, 0) is 21.7 Å². The number of hydrogen-bond donors (Lipinski definition) is 2. The van der Waals surface area contributed by atoms with Crippen LogP contribution in [0.25, 0.3) is 0 Å². The highest BCUT2D eigenvalue weighted by molar-refractivity contribution is 6.30. The van der Waals surface area contributed by atoms with Gasteiger partial charge in [-0.1, -0.05) is 23.7 Å². The van der Waals surface area contributed by atoms with Crippen LogP contribution in [0.15, 0.2) is 47.1 Å². The van der Waals surface area contributed by atoms with Crippen LogP contribution in [0.5, 0.6) is 0 Å². The van der Waals surface area contributed by atoms with E-state index in [2.05, 4.69) is 10.6 Å². The van der Waals surface area contributed by atoms with Crippen molar-refractivity contribution in [2.24, 2.45) is 0 Å². The topological polar surface area (TPSA) is 91.7 Å². The van der Waals surface area contributed by atoms with Crippen molar-refractivity contribution in [3.8, 4) is 0 Å². The molecule has 1 saturated heterocycles. The molecule has 0 bridgehead atoms. The SMILES string of the molecule is C[C@]1(c2ccco2)NC(=O)N(CC(=O)NCc2ccc(Cl)cc2)C1=O. The number of benzene rings is 1. The van der Waals surface area contributed by atoms with Gasteiger partial charge >= 0.3 is 6.03 Å². The highest BCUT2D eigenvalue weighted by Crippen LogP contribution is 2.28. The zero-order chi connectivity index (χ0) is 18.0. The number of rotatable bonds is 5. The lowest BCUT2D eigenvalue weighted by molar-refractivity contribution is -0.135. The maximum absolute atomic E-state index is 12.6. The standard InChI is InChI=1S/C17H16ClN3O4/c1-17(13-3-2-8-25-13)15(23)21(16(24)20-17)10-14(22)19-9-11-4-6-12(18)7-5-11/h2-8H,9-10H2,1H3,(H,19,22)(H,20,24)/t17-/m1/s1. The predicted molar refractivity (Wildman–Crippen MR) is 89.6 cm³/mol. The number of furan rings is 1. The van der Waals surface area contributed by atoms with Crippen LogP contribution in [-0.4, -0.2) is 29.3 Å². The van der Waals surface area contributed by atoms with E-state index in [1.807, 2.05) is 0 Å². The van der Waals surface area contributed by atoms with Gasteiger partial charge in [0.25, 0.3) is 5.91 Å². The summed E-state index contributed by atoms with van der Waals surface area (Å²) >= 11 is 5.81. The van der Waals surface area contributed by atoms with Crippen molar-refractivity contribution in [3.63, 3.8) is 0 Å². The molecule has 2 N–H and O–H groups in total. The molecule has 0 saturated carbocycles. The quantitative estimate of drug-likeness (QED) is 0.797. The van der Waals surface area contributed by atoms with Crippen LogP contribution < -0.4 is 10.6 Å². The highest BCUT2D eigenvalue weighted by Gasteiger charge is 2.51. The molecule has 8 heteroatoms. The van der Waals surface area contributed by atoms with Gasteiger partial charge in [0.2, 0.25) is 5.91 Å². The molecule has 3 rings (SSSR count). The van der Waals surface area contributed by atoms with Gasteiger partial charge in [0.1, 0.15) is 12.3 Å². The second-order valence-electron chi connectivity index (χ2n) is 5.83. The number of nitrogens with zero attached hydrogens (tertiary/aromatic N) is 1. The Labute approximate surface area is 148 Å². The molecule has 1 aliphatic heterocycles. The number of nitrogens with one attached hydrogen (secondary N) is 2. The molecule has 4 amide bonds. The van der Waals surface area contributed by atoms with E-state index in [1.54, 1.807) is 36.4 Å². The summed E-state index contributed by atoms with van der Waals surface area (Å²) in [7, 11) is 0. The van der Waals surface area contributed by atoms with Crippen molar-refractivity contribution in [1.29, 1.82) is 0 Å². The van der Waals surface area contributed by atoms with Crippen molar-refractivity contribution in [2.45, 2.75) is 19.0 Å². The van der Waals surface area contributed by atoms with Gasteiger partial charge in [-0.3, -0.25) is 14.5 Å². The maximum Gasteiger partial charge on any atom is 0.325 e. The van der Waals surface area contributed by atoms with Crippen LogP contribution in [0.1, 0.15) is 18.2 Å². The first-order valence-electron chi connectivity index (χ1n) is 7.59. The maximum atomic E-state index is 12.6. The fourth-order valence-corrected chi connectivity index (χ4v) is 2.70. The summed E-state index contributed by atoms with van der Waals surface area (Å²) in [6, 6.07) is 9.59. The van der Waals surface area contributed by atoms with Gasteiger partial charge < -0.3 is 15.1 Å². The molecule has 1 atom stereocenters. The molecule has 130 valence electrons. The third kappa shape index (κ3) is 3.36. The Bertz CT molecular complexity index is 804. The van der Waals surface area contributed by atoms with Crippen molar-refractivity contribution < 1.29 is 18.8 Å². The highest BCUT2D eigenvalue weighted by atomic mass is 35.5. The Morgan fingerprint density at radius 2 is 2.00 bits per heavy atom. The molecular weight excluding hydrogens is 346 g/mol. The van der Waals surface area contributed by atoms with Crippen LogP contribution in [0, 0.1) is 0 Å². The number of imide groups is 1. The fourth-order valence-electron chi connectivity index (χ4n) is 2.57.